The monoisotopic (exact) mass is 348 g/mol. The first-order valence-corrected chi connectivity index (χ1v) is 8.74. The predicted molar refractivity (Wildman–Crippen MR) is 104 cm³/mol. The molecule has 1 aliphatic heterocycles. The van der Waals surface area contributed by atoms with Crippen LogP contribution in [0.5, 0.6) is 0 Å². The van der Waals surface area contributed by atoms with E-state index in [1.54, 1.807) is 0 Å². The highest BCUT2D eigenvalue weighted by molar-refractivity contribution is 7.80. The van der Waals surface area contributed by atoms with Gasteiger partial charge in [0.2, 0.25) is 0 Å². The van der Waals surface area contributed by atoms with Crippen LogP contribution in [-0.4, -0.2) is 26.6 Å². The molecule has 0 radical (unpaired) electrons. The van der Waals surface area contributed by atoms with Crippen molar-refractivity contribution in [2.75, 3.05) is 7.05 Å². The summed E-state index contributed by atoms with van der Waals surface area (Å²) in [6, 6.07) is 18.9. The molecular formula is C20H20N4S. The summed E-state index contributed by atoms with van der Waals surface area (Å²) in [5.41, 5.74) is 4.59. The van der Waals surface area contributed by atoms with Crippen molar-refractivity contribution in [1.82, 2.24) is 19.8 Å². The first kappa shape index (κ1) is 15.8. The van der Waals surface area contributed by atoms with E-state index in [2.05, 4.69) is 69.3 Å². The van der Waals surface area contributed by atoms with Gasteiger partial charge >= 0.3 is 0 Å². The van der Waals surface area contributed by atoms with E-state index in [4.69, 9.17) is 12.2 Å². The fourth-order valence-corrected chi connectivity index (χ4v) is 3.72. The summed E-state index contributed by atoms with van der Waals surface area (Å²) < 4.78 is 2.24. The van der Waals surface area contributed by atoms with Crippen molar-refractivity contribution in [3.63, 3.8) is 0 Å². The predicted octanol–water partition coefficient (Wildman–Crippen LogP) is 3.78. The summed E-state index contributed by atoms with van der Waals surface area (Å²) in [5.74, 6) is 0. The van der Waals surface area contributed by atoms with E-state index >= 15 is 0 Å². The zero-order chi connectivity index (χ0) is 17.4. The molecule has 0 saturated carbocycles. The van der Waals surface area contributed by atoms with E-state index in [0.717, 1.165) is 16.5 Å². The molecule has 126 valence electrons. The molecule has 1 N–H and O–H groups in total. The van der Waals surface area contributed by atoms with Crippen LogP contribution in [0.2, 0.25) is 0 Å². The molecule has 0 amide bonds. The maximum absolute atomic E-state index is 5.53. The molecule has 0 aliphatic carbocycles. The molecule has 25 heavy (non-hydrogen) atoms. The smallest absolute Gasteiger partial charge is 0.169 e. The lowest BCUT2D eigenvalue weighted by Gasteiger charge is -2.25. The van der Waals surface area contributed by atoms with Gasteiger partial charge in [0.1, 0.15) is 0 Å². The quantitative estimate of drug-likeness (QED) is 0.730. The number of nitrogens with one attached hydrogen (secondary N) is 1. The number of benzene rings is 1. The third kappa shape index (κ3) is 2.81. The van der Waals surface area contributed by atoms with Gasteiger partial charge in [-0.1, -0.05) is 18.2 Å². The average Bonchev–Trinajstić information content (AvgIpc) is 3.21. The number of hydrogen-bond donors (Lipinski definition) is 1. The van der Waals surface area contributed by atoms with Gasteiger partial charge in [0, 0.05) is 30.8 Å². The van der Waals surface area contributed by atoms with E-state index in [1.807, 2.05) is 31.4 Å². The molecule has 3 heterocycles. The molecule has 1 aliphatic rings. The number of likely N-dealkylation sites (N-methyl/N-ethyl adjacent to an activating group) is 1. The number of aryl methyl sites for hydroxylation is 1. The summed E-state index contributed by atoms with van der Waals surface area (Å²) in [6.07, 6.45) is 3.93. The Bertz CT molecular complexity index is 903. The second-order valence-electron chi connectivity index (χ2n) is 6.38. The van der Waals surface area contributed by atoms with Crippen LogP contribution in [0.25, 0.3) is 5.69 Å². The maximum Gasteiger partial charge on any atom is 0.169 e. The van der Waals surface area contributed by atoms with Crippen LogP contribution >= 0.6 is 12.2 Å². The van der Waals surface area contributed by atoms with Crippen LogP contribution in [0.15, 0.2) is 67.0 Å². The van der Waals surface area contributed by atoms with E-state index < -0.39 is 0 Å². The third-order valence-electron chi connectivity index (χ3n) is 4.70. The molecule has 0 spiro atoms. The summed E-state index contributed by atoms with van der Waals surface area (Å²) in [7, 11) is 2.04. The molecule has 2 aromatic heterocycles. The number of pyridine rings is 1. The number of aromatic nitrogens is 2. The van der Waals surface area contributed by atoms with Crippen LogP contribution in [-0.2, 0) is 0 Å². The van der Waals surface area contributed by atoms with Crippen molar-refractivity contribution < 1.29 is 0 Å². The van der Waals surface area contributed by atoms with Crippen LogP contribution in [0, 0.1) is 6.92 Å². The molecule has 4 rings (SSSR count). The van der Waals surface area contributed by atoms with Crippen molar-refractivity contribution in [3.8, 4) is 5.69 Å². The third-order valence-corrected chi connectivity index (χ3v) is 5.11. The zero-order valence-electron chi connectivity index (χ0n) is 14.3. The highest BCUT2D eigenvalue weighted by Gasteiger charge is 2.39. The minimum absolute atomic E-state index is 0.0251. The average molecular weight is 348 g/mol. The largest absolute Gasteiger partial charge is 0.352 e. The Kier molecular flexibility index (Phi) is 4.01. The lowest BCUT2D eigenvalue weighted by atomic mass is 10.0. The number of nitrogens with zero attached hydrogens (tertiary/aromatic N) is 3. The Balaban J connectivity index is 1.80. The van der Waals surface area contributed by atoms with Crippen molar-refractivity contribution in [1.29, 1.82) is 0 Å². The molecule has 5 heteroatoms. The van der Waals surface area contributed by atoms with Crippen LogP contribution in [0.3, 0.4) is 0 Å². The number of rotatable bonds is 3. The standard InChI is InChI=1S/C20H20N4S/c1-14-7-5-8-15(13-14)24-12-6-10-17(24)19-18(22-20(25)23(19)2)16-9-3-4-11-21-16/h3-13,18-19H,1-2H3,(H,22,25). The molecule has 0 bridgehead atoms. The minimum atomic E-state index is 0.0251. The zero-order valence-corrected chi connectivity index (χ0v) is 15.1. The fraction of sp³-hybridized carbons (Fsp3) is 0.200. The van der Waals surface area contributed by atoms with Gasteiger partial charge < -0.3 is 14.8 Å². The van der Waals surface area contributed by atoms with Gasteiger partial charge in [-0.05, 0) is 61.1 Å². The normalized spacial score (nSPS) is 19.9. The van der Waals surface area contributed by atoms with Crippen molar-refractivity contribution >= 4 is 17.3 Å². The molecule has 1 fully saturated rings. The van der Waals surface area contributed by atoms with Gasteiger partial charge in [-0.3, -0.25) is 4.98 Å². The van der Waals surface area contributed by atoms with Gasteiger partial charge in [-0.2, -0.15) is 0 Å². The lowest BCUT2D eigenvalue weighted by Crippen LogP contribution is -2.25. The molecule has 1 aromatic carbocycles. The van der Waals surface area contributed by atoms with Gasteiger partial charge in [-0.25, -0.2) is 0 Å². The van der Waals surface area contributed by atoms with E-state index in [-0.39, 0.29) is 12.1 Å². The summed E-state index contributed by atoms with van der Waals surface area (Å²) >= 11 is 5.53. The molecule has 2 atom stereocenters. The Morgan fingerprint density at radius 1 is 1.08 bits per heavy atom. The Morgan fingerprint density at radius 3 is 2.72 bits per heavy atom. The molecule has 3 aromatic rings. The van der Waals surface area contributed by atoms with Crippen molar-refractivity contribution in [2.24, 2.45) is 0 Å². The topological polar surface area (TPSA) is 33.1 Å². The van der Waals surface area contributed by atoms with Gasteiger partial charge in [0.05, 0.1) is 17.8 Å². The molecule has 1 saturated heterocycles. The highest BCUT2D eigenvalue weighted by atomic mass is 32.1. The van der Waals surface area contributed by atoms with Gasteiger partial charge in [0.15, 0.2) is 5.11 Å². The maximum atomic E-state index is 5.53. The molecular weight excluding hydrogens is 328 g/mol. The first-order chi connectivity index (χ1) is 12.1. The van der Waals surface area contributed by atoms with E-state index in [0.29, 0.717) is 0 Å². The number of hydrogen-bond acceptors (Lipinski definition) is 2. The van der Waals surface area contributed by atoms with Crippen molar-refractivity contribution in [2.45, 2.75) is 19.0 Å². The van der Waals surface area contributed by atoms with Gasteiger partial charge in [0.25, 0.3) is 0 Å². The summed E-state index contributed by atoms with van der Waals surface area (Å²) in [4.78, 5) is 6.67. The Hall–Kier alpha value is -2.66. The molecule has 2 unspecified atom stereocenters. The molecule has 4 nitrogen and oxygen atoms in total. The SMILES string of the molecule is Cc1cccc(-n2cccc2C2C(c3ccccn3)NC(=S)N2C)c1. The Morgan fingerprint density at radius 2 is 1.96 bits per heavy atom. The van der Waals surface area contributed by atoms with Crippen LogP contribution in [0.1, 0.15) is 29.0 Å². The second kappa shape index (κ2) is 6.33. The first-order valence-electron chi connectivity index (χ1n) is 8.34. The minimum Gasteiger partial charge on any atom is -0.352 e. The summed E-state index contributed by atoms with van der Waals surface area (Å²) in [5, 5.41) is 4.18. The van der Waals surface area contributed by atoms with E-state index in [1.165, 1.54) is 11.3 Å². The van der Waals surface area contributed by atoms with E-state index in [9.17, 15) is 0 Å². The Labute approximate surface area is 153 Å². The van der Waals surface area contributed by atoms with Gasteiger partial charge in [-0.15, -0.1) is 0 Å². The lowest BCUT2D eigenvalue weighted by molar-refractivity contribution is 0.357. The van der Waals surface area contributed by atoms with Crippen molar-refractivity contribution in [3.05, 3.63) is 83.9 Å². The highest BCUT2D eigenvalue weighted by Crippen LogP contribution is 2.38. The van der Waals surface area contributed by atoms with Crippen LogP contribution in [0.4, 0.5) is 0 Å². The number of thiocarbonyl (C=S) groups is 1. The fourth-order valence-electron chi connectivity index (χ4n) is 3.48. The summed E-state index contributed by atoms with van der Waals surface area (Å²) in [6.45, 7) is 2.11. The van der Waals surface area contributed by atoms with Crippen LogP contribution < -0.4 is 5.32 Å². The second-order valence-corrected chi connectivity index (χ2v) is 6.77.